The molecule has 0 bridgehead atoms. The lowest BCUT2D eigenvalue weighted by Crippen LogP contribution is -2.41. The van der Waals surface area contributed by atoms with Crippen LogP contribution in [0.3, 0.4) is 0 Å². The summed E-state index contributed by atoms with van der Waals surface area (Å²) in [6.07, 6.45) is 3.79. The first-order valence-corrected chi connectivity index (χ1v) is 8.95. The predicted molar refractivity (Wildman–Crippen MR) is 100 cm³/mol. The topological polar surface area (TPSA) is 98.1 Å². The number of hydrogen-bond donors (Lipinski definition) is 2. The minimum atomic E-state index is -0.267. The molecule has 136 valence electrons. The molecule has 1 saturated carbocycles. The van der Waals surface area contributed by atoms with Crippen LogP contribution >= 0.6 is 0 Å². The van der Waals surface area contributed by atoms with E-state index in [9.17, 15) is 9.59 Å². The van der Waals surface area contributed by atoms with Gasteiger partial charge in [-0.15, -0.1) is 0 Å². The molecule has 0 radical (unpaired) electrons. The smallest absolute Gasteiger partial charge is 0.253 e. The van der Waals surface area contributed by atoms with Crippen molar-refractivity contribution in [3.8, 4) is 6.07 Å². The van der Waals surface area contributed by atoms with Gasteiger partial charge < -0.3 is 15.5 Å². The highest BCUT2D eigenvalue weighted by molar-refractivity contribution is 6.04. The molecule has 1 fully saturated rings. The molecule has 1 aromatic carbocycles. The maximum absolute atomic E-state index is 12.5. The number of carbonyl (C=O) groups excluding carboxylic acids is 2. The summed E-state index contributed by atoms with van der Waals surface area (Å²) in [7, 11) is 0. The van der Waals surface area contributed by atoms with E-state index in [4.69, 9.17) is 5.26 Å². The highest BCUT2D eigenvalue weighted by Gasteiger charge is 2.32. The van der Waals surface area contributed by atoms with E-state index in [2.05, 4.69) is 21.7 Å². The van der Waals surface area contributed by atoms with Gasteiger partial charge in [0.25, 0.3) is 5.91 Å². The highest BCUT2D eigenvalue weighted by atomic mass is 16.2. The van der Waals surface area contributed by atoms with E-state index in [-0.39, 0.29) is 18.4 Å². The third-order valence-electron chi connectivity index (χ3n) is 4.78. The van der Waals surface area contributed by atoms with Gasteiger partial charge in [-0.3, -0.25) is 9.59 Å². The largest absolute Gasteiger partial charge is 0.359 e. The lowest BCUT2D eigenvalue weighted by Gasteiger charge is -2.29. The highest BCUT2D eigenvalue weighted by Crippen LogP contribution is 2.35. The maximum Gasteiger partial charge on any atom is 0.253 e. The summed E-state index contributed by atoms with van der Waals surface area (Å²) >= 11 is 0. The van der Waals surface area contributed by atoms with Crippen LogP contribution in [0, 0.1) is 17.2 Å². The molecular formula is C20H19N5O2. The summed E-state index contributed by atoms with van der Waals surface area (Å²) in [5, 5.41) is 14.8. The molecule has 1 aliphatic carbocycles. The molecule has 2 amide bonds. The number of fused-ring (bicyclic) bond motifs is 1. The van der Waals surface area contributed by atoms with E-state index in [1.54, 1.807) is 29.2 Å². The van der Waals surface area contributed by atoms with Gasteiger partial charge in [-0.1, -0.05) is 12.1 Å². The van der Waals surface area contributed by atoms with Crippen LogP contribution in [0.15, 0.2) is 36.5 Å². The summed E-state index contributed by atoms with van der Waals surface area (Å²) in [6.45, 7) is 1.23. The lowest BCUT2D eigenvalue weighted by atomic mass is 10.1. The second-order valence-corrected chi connectivity index (χ2v) is 6.89. The molecular weight excluding hydrogens is 342 g/mol. The quantitative estimate of drug-likeness (QED) is 0.849. The Bertz CT molecular complexity index is 946. The number of pyridine rings is 1. The summed E-state index contributed by atoms with van der Waals surface area (Å²) in [6, 6.07) is 10.9. The average molecular weight is 361 g/mol. The number of anilines is 2. The van der Waals surface area contributed by atoms with Crippen molar-refractivity contribution in [1.29, 1.82) is 5.26 Å². The summed E-state index contributed by atoms with van der Waals surface area (Å²) in [5.41, 5.74) is 2.47. The van der Waals surface area contributed by atoms with Crippen molar-refractivity contribution >= 4 is 23.3 Å². The summed E-state index contributed by atoms with van der Waals surface area (Å²) < 4.78 is 0. The minimum Gasteiger partial charge on any atom is -0.359 e. The number of nitrogens with one attached hydrogen (secondary N) is 2. The molecule has 7 nitrogen and oxygen atoms in total. The molecule has 27 heavy (non-hydrogen) atoms. The molecule has 2 aliphatic rings. The number of amides is 2. The number of carbonyl (C=O) groups is 2. The second-order valence-electron chi connectivity index (χ2n) is 6.89. The zero-order valence-corrected chi connectivity index (χ0v) is 14.7. The average Bonchev–Trinajstić information content (AvgIpc) is 3.52. The second kappa shape index (κ2) is 7.08. The molecule has 0 spiro atoms. The Morgan fingerprint density at radius 3 is 3.00 bits per heavy atom. The van der Waals surface area contributed by atoms with Gasteiger partial charge >= 0.3 is 0 Å². The van der Waals surface area contributed by atoms with Crippen LogP contribution in [0.2, 0.25) is 0 Å². The maximum atomic E-state index is 12.5. The number of hydrogen-bond acceptors (Lipinski definition) is 5. The molecule has 2 N–H and O–H groups in total. The van der Waals surface area contributed by atoms with E-state index >= 15 is 0 Å². The Morgan fingerprint density at radius 2 is 2.22 bits per heavy atom. The van der Waals surface area contributed by atoms with Crippen molar-refractivity contribution < 1.29 is 9.59 Å². The van der Waals surface area contributed by atoms with Crippen molar-refractivity contribution in [2.45, 2.75) is 19.4 Å². The van der Waals surface area contributed by atoms with Gasteiger partial charge in [0.05, 0.1) is 29.4 Å². The van der Waals surface area contributed by atoms with Crippen molar-refractivity contribution in [3.05, 3.63) is 53.2 Å². The number of nitrogens with zero attached hydrogens (tertiary/aromatic N) is 3. The van der Waals surface area contributed by atoms with Gasteiger partial charge in [0.1, 0.15) is 5.82 Å². The standard InChI is InChI=1S/C20H19N5O2/c21-8-14-2-1-3-15(6-14)9-24-20(27)16-7-17-19(22-10-16)23-11-18(26)25(17)12-13-4-5-13/h1-3,6-7,10,13H,4-5,9,11-12H2,(H,22,23)(H,24,27). The van der Waals surface area contributed by atoms with Crippen LogP contribution in [-0.2, 0) is 11.3 Å². The van der Waals surface area contributed by atoms with Crippen LogP contribution in [-0.4, -0.2) is 29.9 Å². The van der Waals surface area contributed by atoms with Crippen molar-refractivity contribution in [2.75, 3.05) is 23.3 Å². The van der Waals surface area contributed by atoms with Gasteiger partial charge in [-0.2, -0.15) is 5.26 Å². The Kier molecular flexibility index (Phi) is 4.47. The van der Waals surface area contributed by atoms with Crippen LogP contribution in [0.1, 0.15) is 34.3 Å². The zero-order chi connectivity index (χ0) is 18.8. The van der Waals surface area contributed by atoms with E-state index in [1.165, 1.54) is 6.20 Å². The Hall–Kier alpha value is -3.40. The van der Waals surface area contributed by atoms with Crippen LogP contribution in [0.5, 0.6) is 0 Å². The summed E-state index contributed by atoms with van der Waals surface area (Å²) in [4.78, 5) is 30.9. The van der Waals surface area contributed by atoms with Gasteiger partial charge in [0.15, 0.2) is 0 Å². The number of rotatable bonds is 5. The SMILES string of the molecule is N#Cc1cccc(CNC(=O)c2cnc3c(c2)N(CC2CC2)C(=O)CN3)c1. The fourth-order valence-electron chi connectivity index (χ4n) is 3.10. The van der Waals surface area contributed by atoms with Crippen LogP contribution in [0.25, 0.3) is 0 Å². The normalized spacial score (nSPS) is 15.5. The minimum absolute atomic E-state index is 0.00192. The Balaban J connectivity index is 1.50. The van der Waals surface area contributed by atoms with Crippen molar-refractivity contribution in [1.82, 2.24) is 10.3 Å². The number of aromatic nitrogens is 1. The number of nitriles is 1. The molecule has 2 heterocycles. The van der Waals surface area contributed by atoms with Gasteiger partial charge in [-0.05, 0) is 42.5 Å². The molecule has 4 rings (SSSR count). The fourth-order valence-corrected chi connectivity index (χ4v) is 3.10. The molecule has 1 aromatic heterocycles. The van der Waals surface area contributed by atoms with Crippen molar-refractivity contribution in [3.63, 3.8) is 0 Å². The predicted octanol–water partition coefficient (Wildman–Crippen LogP) is 2.05. The third kappa shape index (κ3) is 3.75. The van der Waals surface area contributed by atoms with Gasteiger partial charge in [0, 0.05) is 19.3 Å². The monoisotopic (exact) mass is 361 g/mol. The van der Waals surface area contributed by atoms with E-state index in [0.29, 0.717) is 41.6 Å². The molecule has 2 aromatic rings. The first-order valence-electron chi connectivity index (χ1n) is 8.95. The fraction of sp³-hybridized carbons (Fsp3) is 0.300. The van der Waals surface area contributed by atoms with E-state index < -0.39 is 0 Å². The third-order valence-corrected chi connectivity index (χ3v) is 4.78. The Morgan fingerprint density at radius 1 is 1.37 bits per heavy atom. The first kappa shape index (κ1) is 17.0. The van der Waals surface area contributed by atoms with Crippen molar-refractivity contribution in [2.24, 2.45) is 5.92 Å². The lowest BCUT2D eigenvalue weighted by molar-refractivity contribution is -0.117. The first-order chi connectivity index (χ1) is 13.1. The van der Waals surface area contributed by atoms with Crippen LogP contribution in [0.4, 0.5) is 11.5 Å². The zero-order valence-electron chi connectivity index (χ0n) is 14.7. The van der Waals surface area contributed by atoms with Gasteiger partial charge in [-0.25, -0.2) is 4.98 Å². The molecule has 0 saturated heterocycles. The molecule has 0 unspecified atom stereocenters. The van der Waals surface area contributed by atoms with E-state index in [0.717, 1.165) is 18.4 Å². The van der Waals surface area contributed by atoms with Gasteiger partial charge in [0.2, 0.25) is 5.91 Å². The molecule has 0 atom stereocenters. The van der Waals surface area contributed by atoms with E-state index in [1.807, 2.05) is 6.07 Å². The summed E-state index contributed by atoms with van der Waals surface area (Å²) in [5.74, 6) is 0.914. The molecule has 1 aliphatic heterocycles. The van der Waals surface area contributed by atoms with Crippen LogP contribution < -0.4 is 15.5 Å². The Labute approximate surface area is 157 Å². The molecule has 7 heteroatoms. The number of benzene rings is 1.